The molecule has 0 bridgehead atoms. The van der Waals surface area contributed by atoms with Crippen molar-refractivity contribution in [1.29, 1.82) is 0 Å². The van der Waals surface area contributed by atoms with Gasteiger partial charge in [0, 0.05) is 31.7 Å². The van der Waals surface area contributed by atoms with E-state index in [1.54, 1.807) is 18.7 Å². The summed E-state index contributed by atoms with van der Waals surface area (Å²) in [4.78, 5) is 41.4. The number of nitrogens with zero attached hydrogens (tertiary/aromatic N) is 1. The molecule has 7 nitrogen and oxygen atoms in total. The lowest BCUT2D eigenvalue weighted by molar-refractivity contribution is -0.122. The second-order valence-corrected chi connectivity index (χ2v) is 6.91. The molecule has 0 atom stereocenters. The number of aromatic amines is 1. The number of aromatic nitrogens is 1. The van der Waals surface area contributed by atoms with E-state index in [1.807, 2.05) is 6.92 Å². The average molecular weight is 363 g/mol. The molecule has 1 aromatic rings. The lowest BCUT2D eigenvalue weighted by Gasteiger charge is -2.31. The van der Waals surface area contributed by atoms with Crippen LogP contribution in [0.15, 0.2) is 0 Å². The van der Waals surface area contributed by atoms with Crippen molar-refractivity contribution in [1.82, 2.24) is 15.2 Å². The number of rotatable bonds is 6. The highest BCUT2D eigenvalue weighted by Crippen LogP contribution is 2.24. The number of likely N-dealkylation sites (tertiary alicyclic amines) is 1. The molecular weight excluding hydrogens is 334 g/mol. The summed E-state index contributed by atoms with van der Waals surface area (Å²) < 4.78 is 4.79. The maximum atomic E-state index is 12.8. The number of amides is 2. The molecule has 2 N–H and O–H groups in total. The van der Waals surface area contributed by atoms with Crippen molar-refractivity contribution in [2.45, 2.75) is 46.5 Å². The minimum absolute atomic E-state index is 0.0928. The van der Waals surface area contributed by atoms with E-state index in [9.17, 15) is 14.4 Å². The van der Waals surface area contributed by atoms with Crippen LogP contribution in [-0.2, 0) is 9.53 Å². The molecule has 1 fully saturated rings. The van der Waals surface area contributed by atoms with Gasteiger partial charge in [-0.1, -0.05) is 6.92 Å². The third-order valence-electron chi connectivity index (χ3n) is 4.99. The third-order valence-corrected chi connectivity index (χ3v) is 4.99. The Labute approximate surface area is 154 Å². The van der Waals surface area contributed by atoms with Crippen LogP contribution in [0.1, 0.15) is 64.7 Å². The van der Waals surface area contributed by atoms with Crippen LogP contribution in [0.2, 0.25) is 0 Å². The van der Waals surface area contributed by atoms with Gasteiger partial charge in [0.1, 0.15) is 5.69 Å². The number of esters is 1. The van der Waals surface area contributed by atoms with Crippen LogP contribution in [0, 0.1) is 19.8 Å². The third kappa shape index (κ3) is 4.45. The molecule has 2 amide bonds. The SMILES string of the molecule is CCCNC(=O)CC1CCN(C(=O)c2[nH]c(C)c(C(=O)OC)c2C)CC1. The zero-order valence-corrected chi connectivity index (χ0v) is 16.1. The fourth-order valence-corrected chi connectivity index (χ4v) is 3.47. The number of carbonyl (C=O) groups is 3. The summed E-state index contributed by atoms with van der Waals surface area (Å²) in [6, 6.07) is 0. The smallest absolute Gasteiger partial charge is 0.339 e. The first-order valence-electron chi connectivity index (χ1n) is 9.22. The van der Waals surface area contributed by atoms with Crippen molar-refractivity contribution >= 4 is 17.8 Å². The minimum Gasteiger partial charge on any atom is -0.465 e. The van der Waals surface area contributed by atoms with E-state index in [1.165, 1.54) is 7.11 Å². The number of ether oxygens (including phenoxy) is 1. The summed E-state index contributed by atoms with van der Waals surface area (Å²) >= 11 is 0. The molecule has 0 aliphatic carbocycles. The fraction of sp³-hybridized carbons (Fsp3) is 0.632. The number of hydrogen-bond acceptors (Lipinski definition) is 4. The van der Waals surface area contributed by atoms with Crippen molar-refractivity contribution in [3.8, 4) is 0 Å². The molecule has 2 rings (SSSR count). The maximum Gasteiger partial charge on any atom is 0.339 e. The summed E-state index contributed by atoms with van der Waals surface area (Å²) in [5, 5.41) is 2.90. The molecule has 0 saturated carbocycles. The van der Waals surface area contributed by atoms with Gasteiger partial charge in [-0.15, -0.1) is 0 Å². The second kappa shape index (κ2) is 8.87. The van der Waals surface area contributed by atoms with Gasteiger partial charge in [-0.05, 0) is 44.6 Å². The Balaban J connectivity index is 1.97. The Morgan fingerprint density at radius 1 is 1.23 bits per heavy atom. The number of aryl methyl sites for hydroxylation is 1. The van der Waals surface area contributed by atoms with E-state index in [4.69, 9.17) is 4.74 Å². The molecule has 0 spiro atoms. The van der Waals surface area contributed by atoms with Crippen LogP contribution >= 0.6 is 0 Å². The Hall–Kier alpha value is -2.31. The van der Waals surface area contributed by atoms with E-state index >= 15 is 0 Å². The normalized spacial score (nSPS) is 15.0. The van der Waals surface area contributed by atoms with E-state index in [0.717, 1.165) is 19.3 Å². The van der Waals surface area contributed by atoms with E-state index < -0.39 is 5.97 Å². The summed E-state index contributed by atoms with van der Waals surface area (Å²) in [6.45, 7) is 7.50. The lowest BCUT2D eigenvalue weighted by Crippen LogP contribution is -2.40. The van der Waals surface area contributed by atoms with Crippen LogP contribution in [-0.4, -0.2) is 54.4 Å². The van der Waals surface area contributed by atoms with E-state index in [0.29, 0.717) is 54.5 Å². The van der Waals surface area contributed by atoms with E-state index in [2.05, 4.69) is 10.3 Å². The Morgan fingerprint density at radius 3 is 2.46 bits per heavy atom. The number of piperidine rings is 1. The molecule has 0 unspecified atom stereocenters. The molecule has 0 radical (unpaired) electrons. The van der Waals surface area contributed by atoms with Crippen molar-refractivity contribution in [2.24, 2.45) is 5.92 Å². The molecule has 26 heavy (non-hydrogen) atoms. The summed E-state index contributed by atoms with van der Waals surface area (Å²) in [6.07, 6.45) is 3.08. The van der Waals surface area contributed by atoms with Gasteiger partial charge in [0.15, 0.2) is 0 Å². The van der Waals surface area contributed by atoms with Crippen LogP contribution in [0.3, 0.4) is 0 Å². The fourth-order valence-electron chi connectivity index (χ4n) is 3.47. The Kier molecular flexibility index (Phi) is 6.83. The largest absolute Gasteiger partial charge is 0.465 e. The topological polar surface area (TPSA) is 91.5 Å². The number of nitrogens with one attached hydrogen (secondary N) is 2. The number of H-pyrrole nitrogens is 1. The highest BCUT2D eigenvalue weighted by molar-refractivity contribution is 6.00. The first-order valence-corrected chi connectivity index (χ1v) is 9.22. The monoisotopic (exact) mass is 363 g/mol. The maximum absolute atomic E-state index is 12.8. The summed E-state index contributed by atoms with van der Waals surface area (Å²) in [5.41, 5.74) is 2.14. The summed E-state index contributed by atoms with van der Waals surface area (Å²) in [7, 11) is 1.33. The van der Waals surface area contributed by atoms with Crippen LogP contribution in [0.5, 0.6) is 0 Å². The van der Waals surface area contributed by atoms with Gasteiger partial charge in [0.05, 0.1) is 12.7 Å². The van der Waals surface area contributed by atoms with Gasteiger partial charge in [-0.2, -0.15) is 0 Å². The van der Waals surface area contributed by atoms with Gasteiger partial charge >= 0.3 is 5.97 Å². The summed E-state index contributed by atoms with van der Waals surface area (Å²) in [5.74, 6) is -0.134. The van der Waals surface area contributed by atoms with Gasteiger partial charge in [0.25, 0.3) is 5.91 Å². The van der Waals surface area contributed by atoms with E-state index in [-0.39, 0.29) is 11.8 Å². The number of methoxy groups -OCH3 is 1. The quantitative estimate of drug-likeness (QED) is 0.758. The molecule has 1 aliphatic heterocycles. The van der Waals surface area contributed by atoms with Gasteiger partial charge in [0.2, 0.25) is 5.91 Å². The molecule has 144 valence electrons. The highest BCUT2D eigenvalue weighted by Gasteiger charge is 2.29. The molecule has 0 aromatic carbocycles. The molecule has 1 aromatic heterocycles. The highest BCUT2D eigenvalue weighted by atomic mass is 16.5. The molecule has 1 aliphatic rings. The first-order chi connectivity index (χ1) is 12.4. The van der Waals surface area contributed by atoms with Gasteiger partial charge in [-0.3, -0.25) is 9.59 Å². The number of hydrogen-bond donors (Lipinski definition) is 2. The Bertz CT molecular complexity index is 673. The molecule has 7 heteroatoms. The Morgan fingerprint density at radius 2 is 1.88 bits per heavy atom. The number of carbonyl (C=O) groups excluding carboxylic acids is 3. The van der Waals surface area contributed by atoms with Crippen LogP contribution < -0.4 is 5.32 Å². The first kappa shape index (κ1) is 20.0. The zero-order chi connectivity index (χ0) is 19.3. The van der Waals surface area contributed by atoms with Crippen LogP contribution in [0.25, 0.3) is 0 Å². The van der Waals surface area contributed by atoms with Gasteiger partial charge < -0.3 is 19.9 Å². The molecule has 1 saturated heterocycles. The van der Waals surface area contributed by atoms with Crippen molar-refractivity contribution in [2.75, 3.05) is 26.7 Å². The van der Waals surface area contributed by atoms with Crippen molar-refractivity contribution < 1.29 is 19.1 Å². The predicted octanol–water partition coefficient (Wildman–Crippen LogP) is 2.19. The van der Waals surface area contributed by atoms with Gasteiger partial charge in [-0.25, -0.2) is 4.79 Å². The lowest BCUT2D eigenvalue weighted by atomic mass is 9.93. The minimum atomic E-state index is -0.438. The van der Waals surface area contributed by atoms with Crippen molar-refractivity contribution in [3.63, 3.8) is 0 Å². The molecular formula is C19H29N3O4. The average Bonchev–Trinajstić information content (AvgIpc) is 2.93. The van der Waals surface area contributed by atoms with Crippen LogP contribution in [0.4, 0.5) is 0 Å². The zero-order valence-electron chi connectivity index (χ0n) is 16.1. The van der Waals surface area contributed by atoms with Crippen molar-refractivity contribution in [3.05, 3.63) is 22.5 Å². The molecule has 2 heterocycles. The predicted molar refractivity (Wildman–Crippen MR) is 98.2 cm³/mol. The standard InChI is InChI=1S/C19H29N3O4/c1-5-8-20-15(23)11-14-6-9-22(10-7-14)18(24)17-12(2)16(13(3)21-17)19(25)26-4/h14,21H,5-11H2,1-4H3,(H,20,23). The second-order valence-electron chi connectivity index (χ2n) is 6.91.